The number of hydrogen-bond acceptors (Lipinski definition) is 8. The summed E-state index contributed by atoms with van der Waals surface area (Å²) in [5, 5.41) is 12.0. The zero-order valence-corrected chi connectivity index (χ0v) is 21.8. The topological polar surface area (TPSA) is 128 Å². The number of carboxylic acids is 1. The monoisotopic (exact) mass is 521 g/mol. The maximum absolute atomic E-state index is 13.6. The molecule has 0 radical (unpaired) electrons. The van der Waals surface area contributed by atoms with Gasteiger partial charge in [-0.1, -0.05) is 26.0 Å². The molecule has 1 aliphatic rings. The van der Waals surface area contributed by atoms with Crippen molar-refractivity contribution in [2.75, 3.05) is 17.4 Å². The number of aliphatic carboxylic acids is 1. The molecule has 3 rings (SSSR count). The second kappa shape index (κ2) is 11.0. The first kappa shape index (κ1) is 27.7. The summed E-state index contributed by atoms with van der Waals surface area (Å²) in [6.07, 6.45) is 4.01. The van der Waals surface area contributed by atoms with E-state index >= 15 is 0 Å². The number of halogens is 1. The number of anilines is 1. The molecule has 1 aromatic heterocycles. The standard InChI is InChI=1S/C25H32FN3O6S/c1-15(2)22-20(11-10-18-12-19(13-21(30)31)35-25(3,4)34-18)23(16-6-8-17(26)9-7-16)29-24(28-22)27-14-36(5,32)33/h6-11,15,18-19H,12-14H2,1-5H3,(H,30,31)(H,27,28,29)/t18-,19-/m1/s1. The molecule has 2 N–H and O–H groups in total. The molecule has 0 amide bonds. The van der Waals surface area contributed by atoms with Crippen LogP contribution in [0.1, 0.15) is 57.7 Å². The highest BCUT2D eigenvalue weighted by Crippen LogP contribution is 2.33. The highest BCUT2D eigenvalue weighted by atomic mass is 32.2. The molecule has 0 unspecified atom stereocenters. The predicted octanol–water partition coefficient (Wildman–Crippen LogP) is 4.22. The third kappa shape index (κ3) is 7.81. The summed E-state index contributed by atoms with van der Waals surface area (Å²) in [4.78, 5) is 20.4. The maximum Gasteiger partial charge on any atom is 0.305 e. The van der Waals surface area contributed by atoms with Crippen molar-refractivity contribution in [1.82, 2.24) is 9.97 Å². The van der Waals surface area contributed by atoms with Gasteiger partial charge >= 0.3 is 5.97 Å². The van der Waals surface area contributed by atoms with E-state index in [9.17, 15) is 22.7 Å². The highest BCUT2D eigenvalue weighted by molar-refractivity contribution is 7.90. The van der Waals surface area contributed by atoms with Gasteiger partial charge in [-0.05, 0) is 44.0 Å². The Morgan fingerprint density at radius 1 is 1.25 bits per heavy atom. The minimum atomic E-state index is -3.32. The first-order valence-corrected chi connectivity index (χ1v) is 13.6. The largest absolute Gasteiger partial charge is 0.481 e. The van der Waals surface area contributed by atoms with E-state index in [4.69, 9.17) is 9.47 Å². The minimum absolute atomic E-state index is 0.0579. The Kier molecular flexibility index (Phi) is 8.48. The van der Waals surface area contributed by atoms with Crippen LogP contribution in [0.15, 0.2) is 30.3 Å². The summed E-state index contributed by atoms with van der Waals surface area (Å²) in [6, 6.07) is 5.83. The molecule has 11 heteroatoms. The SMILES string of the molecule is CC(C)c1nc(NCS(C)(=O)=O)nc(-c2ccc(F)cc2)c1C=C[C@@H]1C[C@H](CC(=O)O)OC(C)(C)O1. The van der Waals surface area contributed by atoms with Crippen LogP contribution in [0.25, 0.3) is 17.3 Å². The molecule has 2 aromatic rings. The van der Waals surface area contributed by atoms with Gasteiger partial charge in [0.2, 0.25) is 5.95 Å². The molecule has 0 saturated carbocycles. The van der Waals surface area contributed by atoms with Crippen LogP contribution in [-0.4, -0.2) is 59.6 Å². The van der Waals surface area contributed by atoms with Crippen molar-refractivity contribution in [3.05, 3.63) is 47.4 Å². The fraction of sp³-hybridized carbons (Fsp3) is 0.480. The molecule has 0 bridgehead atoms. The molecule has 0 aliphatic carbocycles. The van der Waals surface area contributed by atoms with E-state index in [-0.39, 0.29) is 24.2 Å². The van der Waals surface area contributed by atoms with Crippen molar-refractivity contribution in [2.24, 2.45) is 0 Å². The quantitative estimate of drug-likeness (QED) is 0.498. The van der Waals surface area contributed by atoms with Crippen LogP contribution in [0.2, 0.25) is 0 Å². The molecular weight excluding hydrogens is 489 g/mol. The lowest BCUT2D eigenvalue weighted by Gasteiger charge is -2.39. The molecule has 1 saturated heterocycles. The number of nitrogens with zero attached hydrogens (tertiary/aromatic N) is 2. The summed E-state index contributed by atoms with van der Waals surface area (Å²) in [5.41, 5.74) is 2.45. The molecule has 1 aliphatic heterocycles. The Morgan fingerprint density at radius 3 is 2.50 bits per heavy atom. The summed E-state index contributed by atoms with van der Waals surface area (Å²) in [5.74, 6) is -2.57. The van der Waals surface area contributed by atoms with Crippen molar-refractivity contribution in [3.8, 4) is 11.3 Å². The average molecular weight is 522 g/mol. The zero-order valence-electron chi connectivity index (χ0n) is 21.0. The van der Waals surface area contributed by atoms with Crippen LogP contribution in [0.4, 0.5) is 10.3 Å². The second-order valence-electron chi connectivity index (χ2n) is 9.59. The lowest BCUT2D eigenvalue weighted by molar-refractivity contribution is -0.290. The summed E-state index contributed by atoms with van der Waals surface area (Å²) in [7, 11) is -3.32. The predicted molar refractivity (Wildman–Crippen MR) is 135 cm³/mol. The first-order valence-electron chi connectivity index (χ1n) is 11.6. The number of benzene rings is 1. The average Bonchev–Trinajstić information content (AvgIpc) is 2.74. The van der Waals surface area contributed by atoms with E-state index in [1.54, 1.807) is 26.0 Å². The minimum Gasteiger partial charge on any atom is -0.481 e. The van der Waals surface area contributed by atoms with Crippen molar-refractivity contribution in [1.29, 1.82) is 0 Å². The van der Waals surface area contributed by atoms with Crippen molar-refractivity contribution >= 4 is 27.8 Å². The Balaban J connectivity index is 2.06. The Bertz CT molecular complexity index is 1230. The fourth-order valence-electron chi connectivity index (χ4n) is 3.98. The van der Waals surface area contributed by atoms with Crippen molar-refractivity contribution < 1.29 is 32.2 Å². The van der Waals surface area contributed by atoms with Gasteiger partial charge in [0.1, 0.15) is 11.7 Å². The van der Waals surface area contributed by atoms with Gasteiger partial charge in [0.15, 0.2) is 15.6 Å². The number of carbonyl (C=O) groups is 1. The zero-order chi connectivity index (χ0) is 26.7. The maximum atomic E-state index is 13.6. The van der Waals surface area contributed by atoms with Crippen LogP contribution >= 0.6 is 0 Å². The van der Waals surface area contributed by atoms with Crippen molar-refractivity contribution in [3.63, 3.8) is 0 Å². The van der Waals surface area contributed by atoms with Gasteiger partial charge in [-0.25, -0.2) is 22.8 Å². The normalized spacial score (nSPS) is 20.1. The number of nitrogens with one attached hydrogen (secondary N) is 1. The smallest absolute Gasteiger partial charge is 0.305 e. The molecule has 1 fully saturated rings. The van der Waals surface area contributed by atoms with Crippen LogP contribution in [0.3, 0.4) is 0 Å². The number of rotatable bonds is 9. The Morgan fingerprint density at radius 2 is 1.92 bits per heavy atom. The van der Waals surface area contributed by atoms with Crippen LogP contribution in [0.5, 0.6) is 0 Å². The molecule has 36 heavy (non-hydrogen) atoms. The van der Waals surface area contributed by atoms with Gasteiger partial charge in [-0.15, -0.1) is 0 Å². The van der Waals surface area contributed by atoms with E-state index in [1.807, 2.05) is 26.0 Å². The first-order chi connectivity index (χ1) is 16.7. The van der Waals surface area contributed by atoms with E-state index in [2.05, 4.69) is 15.3 Å². The van der Waals surface area contributed by atoms with E-state index in [0.717, 1.165) is 6.26 Å². The highest BCUT2D eigenvalue weighted by Gasteiger charge is 2.35. The molecule has 1 aromatic carbocycles. The number of aromatic nitrogens is 2. The van der Waals surface area contributed by atoms with E-state index in [1.165, 1.54) is 12.1 Å². The number of carboxylic acid groups (broad SMARTS) is 1. The van der Waals surface area contributed by atoms with Gasteiger partial charge in [-0.2, -0.15) is 0 Å². The number of ether oxygens (including phenoxy) is 2. The summed E-state index contributed by atoms with van der Waals surface area (Å²) in [6.45, 7) is 7.37. The summed E-state index contributed by atoms with van der Waals surface area (Å²) < 4.78 is 48.7. The molecule has 196 valence electrons. The van der Waals surface area contributed by atoms with E-state index < -0.39 is 39.6 Å². The molecular formula is C25H32FN3O6S. The van der Waals surface area contributed by atoms with Gasteiger partial charge in [0.05, 0.1) is 30.0 Å². The van der Waals surface area contributed by atoms with Crippen LogP contribution in [-0.2, 0) is 24.1 Å². The molecule has 2 atom stereocenters. The van der Waals surface area contributed by atoms with Crippen LogP contribution in [0, 0.1) is 5.82 Å². The lowest BCUT2D eigenvalue weighted by atomic mass is 9.97. The Labute approximate surface area is 210 Å². The molecule has 0 spiro atoms. The van der Waals surface area contributed by atoms with Crippen molar-refractivity contribution in [2.45, 2.75) is 64.4 Å². The van der Waals surface area contributed by atoms with Gasteiger partial charge in [0, 0.05) is 23.8 Å². The fourth-order valence-corrected chi connectivity index (χ4v) is 4.38. The van der Waals surface area contributed by atoms with Gasteiger partial charge in [-0.3, -0.25) is 4.79 Å². The lowest BCUT2D eigenvalue weighted by Crippen LogP contribution is -2.44. The molecule has 2 heterocycles. The van der Waals surface area contributed by atoms with Crippen LogP contribution < -0.4 is 5.32 Å². The third-order valence-corrected chi connectivity index (χ3v) is 6.06. The summed E-state index contributed by atoms with van der Waals surface area (Å²) >= 11 is 0. The van der Waals surface area contributed by atoms with Gasteiger partial charge in [0.25, 0.3) is 0 Å². The Hall–Kier alpha value is -2.89. The third-order valence-electron chi connectivity index (χ3n) is 5.39. The number of sulfone groups is 1. The van der Waals surface area contributed by atoms with E-state index in [0.29, 0.717) is 28.9 Å². The van der Waals surface area contributed by atoms with Gasteiger partial charge < -0.3 is 19.9 Å². The molecule has 9 nitrogen and oxygen atoms in total. The number of hydrogen-bond donors (Lipinski definition) is 2. The second-order valence-corrected chi connectivity index (χ2v) is 11.7.